The van der Waals surface area contributed by atoms with Crippen LogP contribution >= 0.6 is 15.9 Å². The Hall–Kier alpha value is -1.11. The van der Waals surface area contributed by atoms with Crippen molar-refractivity contribution in [3.8, 4) is 5.75 Å². The fourth-order valence-corrected chi connectivity index (χ4v) is 2.25. The topological polar surface area (TPSA) is 59.6 Å². The Morgan fingerprint density at radius 2 is 2.10 bits per heavy atom. The van der Waals surface area contributed by atoms with Crippen LogP contribution in [0, 0.1) is 6.92 Å². The van der Waals surface area contributed by atoms with E-state index in [2.05, 4.69) is 26.6 Å². The van der Waals surface area contributed by atoms with Crippen LogP contribution < -0.4 is 15.4 Å². The van der Waals surface area contributed by atoms with Crippen molar-refractivity contribution in [3.05, 3.63) is 28.2 Å². The number of hydrogen-bond acceptors (Lipinski definition) is 4. The van der Waals surface area contributed by atoms with Crippen LogP contribution in [0.4, 0.5) is 0 Å². The average Bonchev–Trinajstić information content (AvgIpc) is 2.45. The van der Waals surface area contributed by atoms with Crippen LogP contribution in [0.5, 0.6) is 5.75 Å². The van der Waals surface area contributed by atoms with Gasteiger partial charge in [0.2, 0.25) is 0 Å². The highest BCUT2D eigenvalue weighted by Gasteiger charge is 2.15. The molecule has 0 aromatic heterocycles. The van der Waals surface area contributed by atoms with Gasteiger partial charge in [0.15, 0.2) is 6.10 Å². The molecule has 0 radical (unpaired) electrons. The van der Waals surface area contributed by atoms with Gasteiger partial charge in [-0.15, -0.1) is 0 Å². The van der Waals surface area contributed by atoms with E-state index in [-0.39, 0.29) is 5.91 Å². The molecule has 0 bridgehead atoms. The summed E-state index contributed by atoms with van der Waals surface area (Å²) < 4.78 is 11.4. The smallest absolute Gasteiger partial charge is 0.260 e. The fraction of sp³-hybridized carbons (Fsp3) is 0.533. The van der Waals surface area contributed by atoms with Gasteiger partial charge in [0.1, 0.15) is 5.75 Å². The zero-order valence-corrected chi connectivity index (χ0v) is 14.3. The van der Waals surface area contributed by atoms with E-state index in [9.17, 15) is 4.79 Å². The normalized spacial score (nSPS) is 12.0. The number of nitrogens with one attached hydrogen (secondary N) is 2. The molecule has 0 saturated heterocycles. The lowest BCUT2D eigenvalue weighted by Gasteiger charge is -2.16. The number of ether oxygens (including phenoxy) is 2. The van der Waals surface area contributed by atoms with E-state index >= 15 is 0 Å². The van der Waals surface area contributed by atoms with Gasteiger partial charge in [-0.1, -0.05) is 6.07 Å². The summed E-state index contributed by atoms with van der Waals surface area (Å²) in [4.78, 5) is 11.9. The van der Waals surface area contributed by atoms with E-state index in [1.807, 2.05) is 25.1 Å². The Balaban J connectivity index is 2.30. The Bertz CT molecular complexity index is 455. The second-order valence-electron chi connectivity index (χ2n) is 4.73. The third-order valence-electron chi connectivity index (χ3n) is 2.84. The van der Waals surface area contributed by atoms with Crippen LogP contribution in [0.15, 0.2) is 22.7 Å². The Kier molecular flexibility index (Phi) is 8.34. The first-order chi connectivity index (χ1) is 10.0. The van der Waals surface area contributed by atoms with Crippen molar-refractivity contribution in [1.29, 1.82) is 0 Å². The molecule has 0 aliphatic heterocycles. The third-order valence-corrected chi connectivity index (χ3v) is 3.46. The van der Waals surface area contributed by atoms with Gasteiger partial charge in [-0.05, 0) is 47.5 Å². The van der Waals surface area contributed by atoms with Crippen LogP contribution in [0.25, 0.3) is 0 Å². The summed E-state index contributed by atoms with van der Waals surface area (Å²) in [7, 11) is 1.66. The highest BCUT2D eigenvalue weighted by Crippen LogP contribution is 2.26. The number of carbonyl (C=O) groups is 1. The fourth-order valence-electron chi connectivity index (χ4n) is 1.66. The summed E-state index contributed by atoms with van der Waals surface area (Å²) in [5, 5.41) is 5.99. The number of rotatable bonds is 9. The molecule has 1 amide bonds. The molecule has 0 aliphatic rings. The Morgan fingerprint density at radius 3 is 2.76 bits per heavy atom. The van der Waals surface area contributed by atoms with Gasteiger partial charge in [-0.3, -0.25) is 4.79 Å². The first-order valence-corrected chi connectivity index (χ1v) is 7.74. The zero-order chi connectivity index (χ0) is 15.7. The minimum absolute atomic E-state index is 0.129. The third kappa shape index (κ3) is 6.93. The van der Waals surface area contributed by atoms with Crippen LogP contribution in [-0.2, 0) is 9.53 Å². The highest BCUT2D eigenvalue weighted by molar-refractivity contribution is 9.10. The number of benzene rings is 1. The second-order valence-corrected chi connectivity index (χ2v) is 5.58. The number of halogens is 1. The van der Waals surface area contributed by atoms with Crippen molar-refractivity contribution >= 4 is 21.8 Å². The molecule has 6 heteroatoms. The van der Waals surface area contributed by atoms with E-state index in [0.29, 0.717) is 25.4 Å². The Labute approximate surface area is 134 Å². The molecule has 1 aromatic carbocycles. The van der Waals surface area contributed by atoms with E-state index in [1.54, 1.807) is 14.0 Å². The molecule has 21 heavy (non-hydrogen) atoms. The van der Waals surface area contributed by atoms with Crippen molar-refractivity contribution in [1.82, 2.24) is 10.6 Å². The van der Waals surface area contributed by atoms with Gasteiger partial charge in [-0.25, -0.2) is 0 Å². The molecule has 5 nitrogen and oxygen atoms in total. The molecule has 0 fully saturated rings. The number of methoxy groups -OCH3 is 1. The minimum atomic E-state index is -0.539. The lowest BCUT2D eigenvalue weighted by Crippen LogP contribution is -2.40. The molecule has 0 aliphatic carbocycles. The monoisotopic (exact) mass is 358 g/mol. The van der Waals surface area contributed by atoms with Gasteiger partial charge in [0.05, 0.1) is 11.1 Å². The second kappa shape index (κ2) is 9.76. The van der Waals surface area contributed by atoms with Gasteiger partial charge >= 0.3 is 0 Å². The molecule has 1 aromatic rings. The van der Waals surface area contributed by atoms with Gasteiger partial charge in [0.25, 0.3) is 5.91 Å². The molecule has 2 N–H and O–H groups in total. The zero-order valence-electron chi connectivity index (χ0n) is 12.7. The first kappa shape index (κ1) is 17.9. The molecule has 0 spiro atoms. The van der Waals surface area contributed by atoms with Crippen LogP contribution in [-0.4, -0.2) is 45.4 Å². The van der Waals surface area contributed by atoms with Crippen molar-refractivity contribution in [3.63, 3.8) is 0 Å². The summed E-state index contributed by atoms with van der Waals surface area (Å²) >= 11 is 3.43. The molecular formula is C15H23BrN2O3. The van der Waals surface area contributed by atoms with Crippen LogP contribution in [0.3, 0.4) is 0 Å². The van der Waals surface area contributed by atoms with Crippen molar-refractivity contribution in [2.45, 2.75) is 20.0 Å². The van der Waals surface area contributed by atoms with Gasteiger partial charge in [0, 0.05) is 26.7 Å². The number of hydrogen-bond donors (Lipinski definition) is 2. The predicted octanol–water partition coefficient (Wildman–Crippen LogP) is 1.88. The maximum Gasteiger partial charge on any atom is 0.260 e. The first-order valence-electron chi connectivity index (χ1n) is 6.94. The molecule has 1 rings (SSSR count). The maximum atomic E-state index is 11.9. The lowest BCUT2D eigenvalue weighted by molar-refractivity contribution is -0.127. The lowest BCUT2D eigenvalue weighted by atomic mass is 10.2. The highest BCUT2D eigenvalue weighted by atomic mass is 79.9. The van der Waals surface area contributed by atoms with Crippen molar-refractivity contribution in [2.75, 3.05) is 33.4 Å². The van der Waals surface area contributed by atoms with Gasteiger partial charge in [-0.2, -0.15) is 0 Å². The number of carbonyl (C=O) groups excluding carboxylic acids is 1. The van der Waals surface area contributed by atoms with Crippen molar-refractivity contribution < 1.29 is 14.3 Å². The van der Waals surface area contributed by atoms with Crippen LogP contribution in [0.1, 0.15) is 12.5 Å². The minimum Gasteiger partial charge on any atom is -0.480 e. The average molecular weight is 359 g/mol. The number of aryl methyl sites for hydroxylation is 1. The maximum absolute atomic E-state index is 11.9. The van der Waals surface area contributed by atoms with Crippen LogP contribution in [0.2, 0.25) is 0 Å². The molecule has 0 saturated carbocycles. The van der Waals surface area contributed by atoms with E-state index in [4.69, 9.17) is 9.47 Å². The molecular weight excluding hydrogens is 336 g/mol. The standard InChI is InChI=1S/C15H23BrN2O3/c1-11-4-5-14(13(16)10-11)21-12(2)15(19)18-7-6-17-8-9-20-3/h4-5,10,12,17H,6-9H2,1-3H3,(H,18,19). The molecule has 0 heterocycles. The summed E-state index contributed by atoms with van der Waals surface area (Å²) in [6, 6.07) is 5.76. The van der Waals surface area contributed by atoms with Crippen molar-refractivity contribution in [2.24, 2.45) is 0 Å². The summed E-state index contributed by atoms with van der Waals surface area (Å²) in [6.45, 7) is 6.44. The Morgan fingerprint density at radius 1 is 1.33 bits per heavy atom. The molecule has 1 atom stereocenters. The van der Waals surface area contributed by atoms with Gasteiger partial charge < -0.3 is 20.1 Å². The summed E-state index contributed by atoms with van der Waals surface area (Å²) in [5.41, 5.74) is 1.13. The van der Waals surface area contributed by atoms with E-state index in [0.717, 1.165) is 16.6 Å². The molecule has 1 unspecified atom stereocenters. The quantitative estimate of drug-likeness (QED) is 0.661. The SMILES string of the molecule is COCCNCCNC(=O)C(C)Oc1ccc(C)cc1Br. The molecule has 118 valence electrons. The van der Waals surface area contributed by atoms with E-state index in [1.165, 1.54) is 0 Å². The largest absolute Gasteiger partial charge is 0.480 e. The number of amides is 1. The summed E-state index contributed by atoms with van der Waals surface area (Å²) in [6.07, 6.45) is -0.539. The summed E-state index contributed by atoms with van der Waals surface area (Å²) in [5.74, 6) is 0.539. The van der Waals surface area contributed by atoms with E-state index < -0.39 is 6.10 Å². The predicted molar refractivity (Wildman–Crippen MR) is 86.7 cm³/mol.